The minimum Gasteiger partial charge on any atom is -0.301 e. The molecule has 1 amide bonds. The van der Waals surface area contributed by atoms with Crippen LogP contribution in [0.3, 0.4) is 0 Å². The Morgan fingerprint density at radius 2 is 1.91 bits per heavy atom. The normalized spacial score (nSPS) is 13.5. The first-order valence-corrected chi connectivity index (χ1v) is 12.2. The SMILES string of the molecule is Cc1sc2nc(SCC(=O)N3CCC(c4ccccc4)=N3)[nH]c(=O)c2c1-c1ccc(F)cc1. The van der Waals surface area contributed by atoms with Crippen LogP contribution < -0.4 is 5.56 Å². The predicted molar refractivity (Wildman–Crippen MR) is 130 cm³/mol. The first-order valence-electron chi connectivity index (χ1n) is 10.3. The highest BCUT2D eigenvalue weighted by atomic mass is 32.2. The van der Waals surface area contributed by atoms with Crippen LogP contribution in [0, 0.1) is 12.7 Å². The lowest BCUT2D eigenvalue weighted by Gasteiger charge is -2.10. The van der Waals surface area contributed by atoms with E-state index >= 15 is 0 Å². The number of hydrogen-bond donors (Lipinski definition) is 1. The van der Waals surface area contributed by atoms with Crippen molar-refractivity contribution in [2.24, 2.45) is 5.10 Å². The highest BCUT2D eigenvalue weighted by Gasteiger charge is 2.22. The number of carbonyl (C=O) groups excluding carboxylic acids is 1. The lowest BCUT2D eigenvalue weighted by Crippen LogP contribution is -2.25. The number of fused-ring (bicyclic) bond motifs is 1. The Labute approximate surface area is 197 Å². The maximum absolute atomic E-state index is 13.3. The fraction of sp³-hybridized carbons (Fsp3) is 0.167. The van der Waals surface area contributed by atoms with Gasteiger partial charge in [-0.1, -0.05) is 54.2 Å². The van der Waals surface area contributed by atoms with Gasteiger partial charge in [0.15, 0.2) is 5.16 Å². The molecule has 4 aromatic rings. The van der Waals surface area contributed by atoms with Gasteiger partial charge in [-0.3, -0.25) is 9.59 Å². The van der Waals surface area contributed by atoms with Gasteiger partial charge in [0, 0.05) is 16.9 Å². The average Bonchev–Trinajstić information content (AvgIpc) is 3.44. The number of thiophene rings is 1. The molecular formula is C24H19FN4O2S2. The minimum absolute atomic E-state index is 0.120. The molecule has 166 valence electrons. The molecule has 0 atom stereocenters. The average molecular weight is 479 g/mol. The van der Waals surface area contributed by atoms with Gasteiger partial charge >= 0.3 is 0 Å². The number of carbonyl (C=O) groups is 1. The van der Waals surface area contributed by atoms with Gasteiger partial charge in [-0.15, -0.1) is 11.3 Å². The lowest BCUT2D eigenvalue weighted by molar-refractivity contribution is -0.127. The summed E-state index contributed by atoms with van der Waals surface area (Å²) in [4.78, 5) is 34.4. The highest BCUT2D eigenvalue weighted by Crippen LogP contribution is 2.36. The summed E-state index contributed by atoms with van der Waals surface area (Å²) in [5.41, 5.74) is 3.16. The topological polar surface area (TPSA) is 78.4 Å². The Balaban J connectivity index is 1.34. The molecule has 0 fully saturated rings. The summed E-state index contributed by atoms with van der Waals surface area (Å²) >= 11 is 2.59. The fourth-order valence-electron chi connectivity index (χ4n) is 3.81. The number of rotatable bonds is 5. The zero-order valence-corrected chi connectivity index (χ0v) is 19.3. The number of amides is 1. The molecule has 0 unspecified atom stereocenters. The third-order valence-electron chi connectivity index (χ3n) is 5.38. The van der Waals surface area contributed by atoms with Crippen LogP contribution in [0.5, 0.6) is 0 Å². The molecule has 0 saturated heterocycles. The molecule has 3 heterocycles. The van der Waals surface area contributed by atoms with Crippen LogP contribution in [0.1, 0.15) is 16.9 Å². The largest absolute Gasteiger partial charge is 0.301 e. The first-order chi connectivity index (χ1) is 16.0. The van der Waals surface area contributed by atoms with Crippen LogP contribution >= 0.6 is 23.1 Å². The van der Waals surface area contributed by atoms with Gasteiger partial charge in [-0.2, -0.15) is 5.10 Å². The van der Waals surface area contributed by atoms with Crippen LogP contribution in [-0.2, 0) is 4.79 Å². The quantitative estimate of drug-likeness (QED) is 0.329. The number of aromatic amines is 1. The number of hydrogen-bond acceptors (Lipinski definition) is 6. The number of aromatic nitrogens is 2. The molecule has 33 heavy (non-hydrogen) atoms. The van der Waals surface area contributed by atoms with E-state index < -0.39 is 0 Å². The number of nitrogens with zero attached hydrogens (tertiary/aromatic N) is 3. The second-order valence-electron chi connectivity index (χ2n) is 7.56. The second-order valence-corrected chi connectivity index (χ2v) is 9.73. The molecule has 6 nitrogen and oxygen atoms in total. The van der Waals surface area contributed by atoms with Gasteiger partial charge < -0.3 is 4.98 Å². The molecular weight excluding hydrogens is 459 g/mol. The summed E-state index contributed by atoms with van der Waals surface area (Å²) < 4.78 is 13.3. The Hall–Kier alpha value is -3.30. The van der Waals surface area contributed by atoms with Crippen molar-refractivity contribution in [3.63, 3.8) is 0 Å². The number of H-pyrrole nitrogens is 1. The highest BCUT2D eigenvalue weighted by molar-refractivity contribution is 7.99. The molecule has 9 heteroatoms. The molecule has 0 saturated carbocycles. The van der Waals surface area contributed by atoms with Gasteiger partial charge in [0.25, 0.3) is 11.5 Å². The predicted octanol–water partition coefficient (Wildman–Crippen LogP) is 4.83. The van der Waals surface area contributed by atoms with Crippen LogP contribution in [0.25, 0.3) is 21.3 Å². The van der Waals surface area contributed by atoms with Crippen molar-refractivity contribution in [3.05, 3.63) is 81.2 Å². The van der Waals surface area contributed by atoms with E-state index in [4.69, 9.17) is 0 Å². The van der Waals surface area contributed by atoms with Gasteiger partial charge in [0.2, 0.25) is 0 Å². The van der Waals surface area contributed by atoms with Crippen molar-refractivity contribution in [1.82, 2.24) is 15.0 Å². The minimum atomic E-state index is -0.329. The number of aryl methyl sites for hydroxylation is 1. The van der Waals surface area contributed by atoms with E-state index in [0.29, 0.717) is 28.3 Å². The molecule has 0 aliphatic carbocycles. The Morgan fingerprint density at radius 1 is 1.15 bits per heavy atom. The molecule has 2 aromatic carbocycles. The zero-order valence-electron chi connectivity index (χ0n) is 17.7. The molecule has 1 aliphatic rings. The van der Waals surface area contributed by atoms with E-state index in [2.05, 4.69) is 15.1 Å². The maximum atomic E-state index is 13.3. The van der Waals surface area contributed by atoms with E-state index in [1.807, 2.05) is 37.3 Å². The van der Waals surface area contributed by atoms with Gasteiger partial charge in [0.05, 0.1) is 23.4 Å². The van der Waals surface area contributed by atoms with Gasteiger partial charge in [-0.05, 0) is 30.2 Å². The molecule has 2 aromatic heterocycles. The third-order valence-corrected chi connectivity index (χ3v) is 7.24. The van der Waals surface area contributed by atoms with Gasteiger partial charge in [-0.25, -0.2) is 14.4 Å². The van der Waals surface area contributed by atoms with Crippen LogP contribution in [0.4, 0.5) is 4.39 Å². The van der Waals surface area contributed by atoms with E-state index in [1.165, 1.54) is 40.2 Å². The van der Waals surface area contributed by atoms with Crippen molar-refractivity contribution in [1.29, 1.82) is 0 Å². The molecule has 1 aliphatic heterocycles. The smallest absolute Gasteiger partial charge is 0.260 e. The summed E-state index contributed by atoms with van der Waals surface area (Å²) in [6.45, 7) is 2.45. The summed E-state index contributed by atoms with van der Waals surface area (Å²) in [6.07, 6.45) is 0.710. The van der Waals surface area contributed by atoms with Crippen molar-refractivity contribution >= 4 is 44.9 Å². The van der Waals surface area contributed by atoms with Crippen molar-refractivity contribution < 1.29 is 9.18 Å². The maximum Gasteiger partial charge on any atom is 0.260 e. The van der Waals surface area contributed by atoms with Crippen molar-refractivity contribution in [2.45, 2.75) is 18.5 Å². The number of thioether (sulfide) groups is 1. The fourth-order valence-corrected chi connectivity index (χ4v) is 5.64. The summed E-state index contributed by atoms with van der Waals surface area (Å²) in [5.74, 6) is -0.345. The number of nitrogens with one attached hydrogen (secondary N) is 1. The Kier molecular flexibility index (Phi) is 5.82. The summed E-state index contributed by atoms with van der Waals surface area (Å²) in [5, 5.41) is 6.81. The van der Waals surface area contributed by atoms with Crippen LogP contribution in [-0.4, -0.2) is 38.9 Å². The van der Waals surface area contributed by atoms with Crippen molar-refractivity contribution in [3.8, 4) is 11.1 Å². The van der Waals surface area contributed by atoms with E-state index in [-0.39, 0.29) is 23.0 Å². The third kappa shape index (κ3) is 4.34. The molecule has 0 bridgehead atoms. The molecule has 0 radical (unpaired) electrons. The number of hydrazone groups is 1. The van der Waals surface area contributed by atoms with E-state index in [0.717, 1.165) is 27.3 Å². The molecule has 1 N–H and O–H groups in total. The van der Waals surface area contributed by atoms with Crippen LogP contribution in [0.2, 0.25) is 0 Å². The van der Waals surface area contributed by atoms with Crippen molar-refractivity contribution in [2.75, 3.05) is 12.3 Å². The van der Waals surface area contributed by atoms with Gasteiger partial charge in [0.1, 0.15) is 10.6 Å². The summed E-state index contributed by atoms with van der Waals surface area (Å²) in [7, 11) is 0. The van der Waals surface area contributed by atoms with E-state index in [1.54, 1.807) is 12.1 Å². The first kappa shape index (κ1) is 21.5. The second kappa shape index (κ2) is 8.92. The molecule has 5 rings (SSSR count). The van der Waals surface area contributed by atoms with E-state index in [9.17, 15) is 14.0 Å². The number of benzene rings is 2. The monoisotopic (exact) mass is 478 g/mol. The zero-order chi connectivity index (χ0) is 22.9. The number of halogens is 1. The lowest BCUT2D eigenvalue weighted by atomic mass is 10.0. The Bertz CT molecular complexity index is 1430. The molecule has 0 spiro atoms. The standard InChI is InChI=1S/C24H19FN4O2S2/c1-14-20(16-7-9-17(25)10-8-16)21-22(31)26-24(27-23(21)33-14)32-13-19(30)29-12-11-18(28-29)15-5-3-2-4-6-15/h2-10H,11-13H2,1H3,(H,26,27,31). The van der Waals surface area contributed by atoms with Crippen LogP contribution in [0.15, 0.2) is 69.6 Å². The Morgan fingerprint density at radius 3 is 2.67 bits per heavy atom. The summed E-state index contributed by atoms with van der Waals surface area (Å²) in [6, 6.07) is 15.9.